The Hall–Kier alpha value is -2.71. The molecule has 0 atom stereocenters. The lowest BCUT2D eigenvalue weighted by molar-refractivity contribution is -0.107. The molecule has 1 aromatic heterocycles. The minimum Gasteiger partial charge on any atom is -0.461 e. The normalized spacial score (nSPS) is 13.6. The molecule has 1 aliphatic heterocycles. The van der Waals surface area contributed by atoms with E-state index in [0.717, 1.165) is 18.5 Å². The number of carbonyl (C=O) groups is 1. The van der Waals surface area contributed by atoms with E-state index in [1.165, 1.54) is 25.1 Å². The van der Waals surface area contributed by atoms with Crippen molar-refractivity contribution in [3.63, 3.8) is 0 Å². The smallest absolute Gasteiger partial charge is 0.318 e. The van der Waals surface area contributed by atoms with Crippen molar-refractivity contribution in [3.8, 4) is 6.01 Å². The second-order valence-electron chi connectivity index (χ2n) is 6.66. The lowest BCUT2D eigenvalue weighted by atomic mass is 10.1. The van der Waals surface area contributed by atoms with Crippen LogP contribution in [0.25, 0.3) is 0 Å². The van der Waals surface area contributed by atoms with E-state index in [1.54, 1.807) is 25.3 Å². The number of nitrogens with one attached hydrogen (secondary N) is 1. The van der Waals surface area contributed by atoms with Crippen molar-refractivity contribution < 1.29 is 14.3 Å². The maximum Gasteiger partial charge on any atom is 0.318 e. The van der Waals surface area contributed by atoms with Crippen LogP contribution in [0, 0.1) is 0 Å². The Labute approximate surface area is 165 Å². The average Bonchev–Trinajstić information content (AvgIpc) is 2.70. The van der Waals surface area contributed by atoms with Gasteiger partial charge in [-0.05, 0) is 30.6 Å². The van der Waals surface area contributed by atoms with Crippen LogP contribution in [-0.2, 0) is 22.6 Å². The van der Waals surface area contributed by atoms with Gasteiger partial charge in [-0.25, -0.2) is 4.98 Å². The molecule has 1 fully saturated rings. The van der Waals surface area contributed by atoms with Gasteiger partial charge in [0.25, 0.3) is 0 Å². The highest BCUT2D eigenvalue weighted by Crippen LogP contribution is 2.25. The van der Waals surface area contributed by atoms with Gasteiger partial charge in [0.2, 0.25) is 6.41 Å². The van der Waals surface area contributed by atoms with Crippen LogP contribution in [0.15, 0.2) is 30.5 Å². The van der Waals surface area contributed by atoms with E-state index in [4.69, 9.17) is 9.47 Å². The van der Waals surface area contributed by atoms with Gasteiger partial charge >= 0.3 is 6.01 Å². The van der Waals surface area contributed by atoms with Crippen molar-refractivity contribution in [1.82, 2.24) is 14.9 Å². The molecule has 1 aliphatic rings. The predicted octanol–water partition coefficient (Wildman–Crippen LogP) is 1.91. The van der Waals surface area contributed by atoms with Gasteiger partial charge in [0.05, 0.1) is 25.0 Å². The molecule has 0 radical (unpaired) electrons. The van der Waals surface area contributed by atoms with Crippen molar-refractivity contribution in [2.45, 2.75) is 19.5 Å². The zero-order valence-corrected chi connectivity index (χ0v) is 16.4. The lowest BCUT2D eigenvalue weighted by Gasteiger charge is -2.30. The lowest BCUT2D eigenvalue weighted by Crippen LogP contribution is -2.36. The Bertz CT molecular complexity index is 765. The highest BCUT2D eigenvalue weighted by molar-refractivity contribution is 5.80. The van der Waals surface area contributed by atoms with Crippen LogP contribution < -0.4 is 15.0 Å². The van der Waals surface area contributed by atoms with Gasteiger partial charge in [-0.1, -0.05) is 24.3 Å². The second kappa shape index (κ2) is 10.0. The summed E-state index contributed by atoms with van der Waals surface area (Å²) in [7, 11) is 3.37. The number of anilines is 2. The minimum atomic E-state index is 0.211. The number of aromatic nitrogens is 2. The number of likely N-dealkylation sites (tertiary alicyclic amines) is 1. The molecular weight excluding hydrogens is 358 g/mol. The number of nitrogens with zero attached hydrogens (tertiary/aromatic N) is 4. The molecule has 150 valence electrons. The van der Waals surface area contributed by atoms with Crippen LogP contribution in [0.3, 0.4) is 0 Å². The molecule has 2 heterocycles. The quantitative estimate of drug-likeness (QED) is 0.467. The van der Waals surface area contributed by atoms with E-state index in [1.807, 2.05) is 0 Å². The van der Waals surface area contributed by atoms with Crippen LogP contribution >= 0.6 is 0 Å². The summed E-state index contributed by atoms with van der Waals surface area (Å²) >= 11 is 0. The Morgan fingerprint density at radius 2 is 1.96 bits per heavy atom. The fraction of sp³-hybridized carbons (Fsp3) is 0.450. The van der Waals surface area contributed by atoms with Gasteiger partial charge in [-0.15, -0.1) is 0 Å². The molecule has 1 saturated heterocycles. The van der Waals surface area contributed by atoms with E-state index < -0.39 is 0 Å². The third-order valence-electron chi connectivity index (χ3n) is 4.66. The van der Waals surface area contributed by atoms with Gasteiger partial charge in [-0.2, -0.15) is 4.98 Å². The van der Waals surface area contributed by atoms with Crippen LogP contribution in [0.4, 0.5) is 11.5 Å². The van der Waals surface area contributed by atoms with Gasteiger partial charge in [0.15, 0.2) is 5.82 Å². The zero-order valence-electron chi connectivity index (χ0n) is 16.4. The van der Waals surface area contributed by atoms with E-state index in [-0.39, 0.29) is 6.01 Å². The summed E-state index contributed by atoms with van der Waals surface area (Å²) in [4.78, 5) is 24.3. The molecule has 8 nitrogen and oxygen atoms in total. The molecule has 2 aromatic rings. The minimum absolute atomic E-state index is 0.211. The monoisotopic (exact) mass is 385 g/mol. The first kappa shape index (κ1) is 20.0. The number of benzene rings is 1. The Morgan fingerprint density at radius 1 is 1.21 bits per heavy atom. The molecule has 28 heavy (non-hydrogen) atoms. The number of ether oxygens (including phenoxy) is 2. The maximum absolute atomic E-state index is 11.8. The maximum atomic E-state index is 11.8. The van der Waals surface area contributed by atoms with Crippen molar-refractivity contribution in [2.75, 3.05) is 50.7 Å². The predicted molar refractivity (Wildman–Crippen MR) is 108 cm³/mol. The van der Waals surface area contributed by atoms with E-state index in [9.17, 15) is 4.79 Å². The van der Waals surface area contributed by atoms with Crippen molar-refractivity contribution in [3.05, 3.63) is 41.6 Å². The molecule has 0 spiro atoms. The molecule has 1 aromatic carbocycles. The van der Waals surface area contributed by atoms with Crippen molar-refractivity contribution >= 4 is 17.9 Å². The SMILES string of the molecule is CNc1cnc(OCCOC)nc1N(C=O)Cc1ccc(CN2CCC2)cc1. The van der Waals surface area contributed by atoms with Crippen LogP contribution in [0.1, 0.15) is 17.5 Å². The van der Waals surface area contributed by atoms with E-state index in [2.05, 4.69) is 44.5 Å². The first-order valence-corrected chi connectivity index (χ1v) is 9.42. The molecule has 0 saturated carbocycles. The number of rotatable bonds is 11. The Kier molecular flexibility index (Phi) is 7.16. The molecule has 8 heteroatoms. The fourth-order valence-electron chi connectivity index (χ4n) is 2.95. The molecular formula is C20H27N5O3. The average molecular weight is 385 g/mol. The van der Waals surface area contributed by atoms with Gasteiger partial charge < -0.3 is 14.8 Å². The number of hydrogen-bond acceptors (Lipinski definition) is 7. The van der Waals surface area contributed by atoms with Gasteiger partial charge in [0.1, 0.15) is 6.61 Å². The number of hydrogen-bond donors (Lipinski definition) is 1. The number of carbonyl (C=O) groups excluding carboxylic acids is 1. The van der Waals surface area contributed by atoms with Crippen LogP contribution in [0.5, 0.6) is 6.01 Å². The molecule has 0 aliphatic carbocycles. The molecule has 0 bridgehead atoms. The first-order valence-electron chi connectivity index (χ1n) is 9.42. The number of amides is 1. The zero-order chi connectivity index (χ0) is 19.8. The molecule has 0 unspecified atom stereocenters. The summed E-state index contributed by atoms with van der Waals surface area (Å²) in [6.45, 7) is 4.53. The first-order chi connectivity index (χ1) is 13.7. The molecule has 1 N–H and O–H groups in total. The van der Waals surface area contributed by atoms with Gasteiger partial charge in [0, 0.05) is 20.7 Å². The topological polar surface area (TPSA) is 79.8 Å². The largest absolute Gasteiger partial charge is 0.461 e. The highest BCUT2D eigenvalue weighted by Gasteiger charge is 2.16. The Balaban J connectivity index is 1.70. The van der Waals surface area contributed by atoms with Crippen LogP contribution in [0.2, 0.25) is 0 Å². The summed E-state index contributed by atoms with van der Waals surface area (Å²) in [6, 6.07) is 8.57. The second-order valence-corrected chi connectivity index (χ2v) is 6.66. The standard InChI is InChI=1S/C20H27N5O3/c1-21-18-12-22-20(28-11-10-27-2)23-19(18)25(15-26)14-17-6-4-16(5-7-17)13-24-8-3-9-24/h4-7,12,15,21H,3,8-11,13-14H2,1-2H3. The summed E-state index contributed by atoms with van der Waals surface area (Å²) < 4.78 is 10.4. The summed E-state index contributed by atoms with van der Waals surface area (Å²) in [5, 5.41) is 3.02. The summed E-state index contributed by atoms with van der Waals surface area (Å²) in [5.41, 5.74) is 2.97. The fourth-order valence-corrected chi connectivity index (χ4v) is 2.95. The van der Waals surface area contributed by atoms with Crippen molar-refractivity contribution in [2.24, 2.45) is 0 Å². The van der Waals surface area contributed by atoms with Crippen molar-refractivity contribution in [1.29, 1.82) is 0 Å². The summed E-state index contributed by atoms with van der Waals surface area (Å²) in [6.07, 6.45) is 3.67. The number of methoxy groups -OCH3 is 1. The highest BCUT2D eigenvalue weighted by atomic mass is 16.5. The van der Waals surface area contributed by atoms with E-state index >= 15 is 0 Å². The van der Waals surface area contributed by atoms with Gasteiger partial charge in [-0.3, -0.25) is 14.6 Å². The summed E-state index contributed by atoms with van der Waals surface area (Å²) in [5.74, 6) is 0.476. The Morgan fingerprint density at radius 3 is 2.57 bits per heavy atom. The van der Waals surface area contributed by atoms with Crippen LogP contribution in [-0.4, -0.2) is 61.7 Å². The molecule has 1 amide bonds. The molecule has 3 rings (SSSR count). The third kappa shape index (κ3) is 5.17. The third-order valence-corrected chi connectivity index (χ3v) is 4.66. The van der Waals surface area contributed by atoms with E-state index in [0.29, 0.717) is 31.3 Å².